The lowest BCUT2D eigenvalue weighted by Crippen LogP contribution is -2.13. The summed E-state index contributed by atoms with van der Waals surface area (Å²) in [6, 6.07) is 33.5. The van der Waals surface area contributed by atoms with Crippen LogP contribution >= 0.6 is 0 Å². The molecule has 6 aromatic rings. The molecule has 4 aromatic carbocycles. The van der Waals surface area contributed by atoms with E-state index in [1.165, 1.54) is 0 Å². The van der Waals surface area contributed by atoms with E-state index in [1.807, 2.05) is 98.9 Å². The van der Waals surface area contributed by atoms with Gasteiger partial charge < -0.3 is 5.32 Å². The number of hydrogen-bond donors (Lipinski definition) is 2. The first-order chi connectivity index (χ1) is 18.9. The van der Waals surface area contributed by atoms with Crippen molar-refractivity contribution in [2.24, 2.45) is 0 Å². The topological polar surface area (TPSA) is 94.5 Å². The van der Waals surface area contributed by atoms with E-state index >= 15 is 0 Å². The predicted molar refractivity (Wildman–Crippen MR) is 155 cm³/mol. The van der Waals surface area contributed by atoms with E-state index in [9.17, 15) is 10.1 Å². The number of nitrogens with zero attached hydrogens (tertiary/aromatic N) is 3. The average Bonchev–Trinajstić information content (AvgIpc) is 3.48. The van der Waals surface area contributed by atoms with E-state index in [-0.39, 0.29) is 5.91 Å². The number of hydrogen-bond acceptors (Lipinski definition) is 4. The summed E-state index contributed by atoms with van der Waals surface area (Å²) in [5.41, 5.74) is 7.22. The highest BCUT2D eigenvalue weighted by Gasteiger charge is 2.20. The molecule has 6 nitrogen and oxygen atoms in total. The molecule has 2 heterocycles. The molecular weight excluding hydrogens is 482 g/mol. The Balaban J connectivity index is 1.36. The molecule has 0 spiro atoms. The molecule has 1 amide bonds. The van der Waals surface area contributed by atoms with Gasteiger partial charge in [-0.05, 0) is 66.9 Å². The summed E-state index contributed by atoms with van der Waals surface area (Å²) in [5, 5.41) is 21.9. The Hall–Kier alpha value is -5.28. The van der Waals surface area contributed by atoms with Crippen molar-refractivity contribution >= 4 is 33.4 Å². The lowest BCUT2D eigenvalue weighted by atomic mass is 9.86. The first-order valence-corrected chi connectivity index (χ1v) is 12.7. The number of aromatic nitrogens is 3. The molecule has 0 saturated heterocycles. The Morgan fingerprint density at radius 2 is 1.59 bits per heavy atom. The highest BCUT2D eigenvalue weighted by Crippen LogP contribution is 2.35. The van der Waals surface area contributed by atoms with Gasteiger partial charge in [0.1, 0.15) is 0 Å². The molecule has 2 aromatic heterocycles. The fourth-order valence-corrected chi connectivity index (χ4v) is 4.76. The number of benzene rings is 4. The van der Waals surface area contributed by atoms with E-state index in [2.05, 4.69) is 27.6 Å². The van der Waals surface area contributed by atoms with Crippen molar-refractivity contribution in [3.05, 3.63) is 114 Å². The number of aromatic amines is 1. The number of fused-ring (bicyclic) bond motifs is 3. The van der Waals surface area contributed by atoms with Gasteiger partial charge in [0.05, 0.1) is 34.4 Å². The summed E-state index contributed by atoms with van der Waals surface area (Å²) in [6.07, 6.45) is 1.83. The molecule has 6 rings (SSSR count). The summed E-state index contributed by atoms with van der Waals surface area (Å²) in [7, 11) is 0. The van der Waals surface area contributed by atoms with Crippen LogP contribution in [0.15, 0.2) is 103 Å². The fourth-order valence-electron chi connectivity index (χ4n) is 4.76. The molecule has 0 aliphatic rings. The Morgan fingerprint density at radius 3 is 2.36 bits per heavy atom. The molecule has 0 radical (unpaired) electrons. The van der Waals surface area contributed by atoms with Crippen LogP contribution in [0.2, 0.25) is 0 Å². The minimum Gasteiger partial charge on any atom is -0.322 e. The van der Waals surface area contributed by atoms with E-state index in [4.69, 9.17) is 4.98 Å². The van der Waals surface area contributed by atoms with Gasteiger partial charge in [-0.25, -0.2) is 4.98 Å². The maximum Gasteiger partial charge on any atom is 0.255 e. The SMILES string of the molecule is CC(C)(C#N)c1ccc(-c2nc3ccc(-c4cccc(NC(=O)c5ccccc5)c4)cc3c3cn[nH]c23)cc1. The minimum atomic E-state index is -0.559. The van der Waals surface area contributed by atoms with Crippen LogP contribution in [-0.2, 0) is 5.41 Å². The lowest BCUT2D eigenvalue weighted by molar-refractivity contribution is 0.102. The Labute approximate surface area is 226 Å². The molecule has 39 heavy (non-hydrogen) atoms. The van der Waals surface area contributed by atoms with Crippen molar-refractivity contribution in [2.45, 2.75) is 19.3 Å². The van der Waals surface area contributed by atoms with Crippen molar-refractivity contribution in [3.8, 4) is 28.5 Å². The van der Waals surface area contributed by atoms with Gasteiger partial charge in [0.15, 0.2) is 0 Å². The van der Waals surface area contributed by atoms with E-state index in [1.54, 1.807) is 12.1 Å². The van der Waals surface area contributed by atoms with Crippen LogP contribution in [0.3, 0.4) is 0 Å². The maximum atomic E-state index is 12.6. The van der Waals surface area contributed by atoms with Crippen molar-refractivity contribution < 1.29 is 4.79 Å². The van der Waals surface area contributed by atoms with Gasteiger partial charge in [-0.3, -0.25) is 9.89 Å². The Morgan fingerprint density at radius 1 is 0.846 bits per heavy atom. The van der Waals surface area contributed by atoms with Crippen LogP contribution in [-0.4, -0.2) is 21.1 Å². The Bertz CT molecular complexity index is 1880. The van der Waals surface area contributed by atoms with Gasteiger partial charge in [0.25, 0.3) is 5.91 Å². The zero-order valence-corrected chi connectivity index (χ0v) is 21.6. The van der Waals surface area contributed by atoms with Crippen LogP contribution in [0.4, 0.5) is 5.69 Å². The fraction of sp³-hybridized carbons (Fsp3) is 0.0909. The summed E-state index contributed by atoms with van der Waals surface area (Å²) in [4.78, 5) is 17.6. The van der Waals surface area contributed by atoms with Gasteiger partial charge in [-0.2, -0.15) is 10.4 Å². The zero-order valence-electron chi connectivity index (χ0n) is 21.6. The van der Waals surface area contributed by atoms with Gasteiger partial charge in [-0.1, -0.05) is 60.7 Å². The average molecular weight is 508 g/mol. The standard InChI is InChI=1S/C33H25N5O/c1-33(2,20-34)25-14-11-21(12-15-25)30-31-28(19-35-38-31)27-18-24(13-16-29(27)37-30)23-9-6-10-26(17-23)36-32(39)22-7-4-3-5-8-22/h3-19H,1-2H3,(H,35,38)(H,36,39). The van der Waals surface area contributed by atoms with Crippen LogP contribution < -0.4 is 5.32 Å². The minimum absolute atomic E-state index is 0.146. The number of carbonyl (C=O) groups excluding carboxylic acids is 1. The Kier molecular flexibility index (Phi) is 5.90. The summed E-state index contributed by atoms with van der Waals surface area (Å²) >= 11 is 0. The number of rotatable bonds is 5. The quantitative estimate of drug-likeness (QED) is 0.253. The third-order valence-corrected chi connectivity index (χ3v) is 7.04. The summed E-state index contributed by atoms with van der Waals surface area (Å²) < 4.78 is 0. The van der Waals surface area contributed by atoms with Crippen molar-refractivity contribution in [1.82, 2.24) is 15.2 Å². The van der Waals surface area contributed by atoms with Gasteiger partial charge in [0.2, 0.25) is 0 Å². The molecule has 0 atom stereocenters. The second-order valence-electron chi connectivity index (χ2n) is 10.1. The monoisotopic (exact) mass is 507 g/mol. The summed E-state index contributed by atoms with van der Waals surface area (Å²) in [5.74, 6) is -0.146. The largest absolute Gasteiger partial charge is 0.322 e. The number of nitriles is 1. The molecule has 0 aliphatic carbocycles. The molecular formula is C33H25N5O. The number of carbonyl (C=O) groups is 1. The molecule has 0 fully saturated rings. The summed E-state index contributed by atoms with van der Waals surface area (Å²) in [6.45, 7) is 3.82. The van der Waals surface area contributed by atoms with Crippen molar-refractivity contribution in [3.63, 3.8) is 0 Å². The molecule has 2 N–H and O–H groups in total. The van der Waals surface area contributed by atoms with Gasteiger partial charge >= 0.3 is 0 Å². The molecule has 0 aliphatic heterocycles. The molecule has 6 heteroatoms. The van der Waals surface area contributed by atoms with Crippen LogP contribution in [0.25, 0.3) is 44.2 Å². The first-order valence-electron chi connectivity index (χ1n) is 12.7. The molecule has 188 valence electrons. The first kappa shape index (κ1) is 24.1. The van der Waals surface area contributed by atoms with E-state index in [0.29, 0.717) is 5.56 Å². The third kappa shape index (κ3) is 4.51. The van der Waals surface area contributed by atoms with Crippen LogP contribution in [0.1, 0.15) is 29.8 Å². The normalized spacial score (nSPS) is 11.4. The van der Waals surface area contributed by atoms with Gasteiger partial charge in [-0.15, -0.1) is 0 Å². The lowest BCUT2D eigenvalue weighted by Gasteiger charge is -2.16. The van der Waals surface area contributed by atoms with Crippen molar-refractivity contribution in [1.29, 1.82) is 5.26 Å². The zero-order chi connectivity index (χ0) is 27.0. The van der Waals surface area contributed by atoms with E-state index < -0.39 is 5.41 Å². The molecule has 0 saturated carbocycles. The number of H-pyrrole nitrogens is 1. The number of anilines is 1. The number of pyridine rings is 1. The van der Waals surface area contributed by atoms with Crippen LogP contribution in [0, 0.1) is 11.3 Å². The third-order valence-electron chi connectivity index (χ3n) is 7.04. The number of nitrogens with one attached hydrogen (secondary N) is 2. The molecule has 0 unspecified atom stereocenters. The second-order valence-corrected chi connectivity index (χ2v) is 10.1. The smallest absolute Gasteiger partial charge is 0.255 e. The van der Waals surface area contributed by atoms with Crippen molar-refractivity contribution in [2.75, 3.05) is 5.32 Å². The molecule has 0 bridgehead atoms. The maximum absolute atomic E-state index is 12.6. The van der Waals surface area contributed by atoms with Crippen LogP contribution in [0.5, 0.6) is 0 Å². The highest BCUT2D eigenvalue weighted by molar-refractivity contribution is 6.10. The van der Waals surface area contributed by atoms with Gasteiger partial charge in [0, 0.05) is 27.6 Å². The number of amides is 1. The van der Waals surface area contributed by atoms with E-state index in [0.717, 1.165) is 55.4 Å². The predicted octanol–water partition coefficient (Wildman–Crippen LogP) is 7.50. The second kappa shape index (κ2) is 9.55. The highest BCUT2D eigenvalue weighted by atomic mass is 16.1.